The first-order chi connectivity index (χ1) is 14.7. The van der Waals surface area contributed by atoms with Gasteiger partial charge >= 0.3 is 0 Å². The maximum atomic E-state index is 5.53. The summed E-state index contributed by atoms with van der Waals surface area (Å²) in [7, 11) is 3.39. The SMILES string of the molecule is COc1ccc(CCC(C)NCCC(c2ccccc2)c2ccccc2)c(OC)c1.Cl. The van der Waals surface area contributed by atoms with Crippen molar-refractivity contribution < 1.29 is 9.47 Å². The van der Waals surface area contributed by atoms with Crippen molar-refractivity contribution in [2.45, 2.75) is 38.1 Å². The number of hydrogen-bond acceptors (Lipinski definition) is 3. The van der Waals surface area contributed by atoms with Crippen LogP contribution in [0, 0.1) is 0 Å². The zero-order valence-electron chi connectivity index (χ0n) is 18.7. The summed E-state index contributed by atoms with van der Waals surface area (Å²) in [6, 6.07) is 28.1. The van der Waals surface area contributed by atoms with Crippen LogP contribution in [-0.4, -0.2) is 26.8 Å². The topological polar surface area (TPSA) is 30.5 Å². The molecule has 0 saturated heterocycles. The molecule has 0 radical (unpaired) electrons. The summed E-state index contributed by atoms with van der Waals surface area (Å²) in [5.41, 5.74) is 3.97. The number of rotatable bonds is 11. The van der Waals surface area contributed by atoms with Gasteiger partial charge in [-0.25, -0.2) is 0 Å². The Balaban J connectivity index is 0.00000341. The third-order valence-electron chi connectivity index (χ3n) is 5.67. The fourth-order valence-electron chi connectivity index (χ4n) is 3.90. The van der Waals surface area contributed by atoms with Crippen LogP contribution < -0.4 is 14.8 Å². The number of hydrogen-bond donors (Lipinski definition) is 1. The number of nitrogens with one attached hydrogen (secondary N) is 1. The Labute approximate surface area is 193 Å². The summed E-state index contributed by atoms with van der Waals surface area (Å²) in [4.78, 5) is 0. The molecule has 1 atom stereocenters. The molecule has 0 heterocycles. The molecule has 0 bridgehead atoms. The van der Waals surface area contributed by atoms with Crippen LogP contribution in [0.1, 0.15) is 42.4 Å². The van der Waals surface area contributed by atoms with E-state index in [0.29, 0.717) is 12.0 Å². The molecular formula is C27H34ClNO2. The van der Waals surface area contributed by atoms with E-state index in [9.17, 15) is 0 Å². The first-order valence-electron chi connectivity index (χ1n) is 10.8. The lowest BCUT2D eigenvalue weighted by Crippen LogP contribution is -2.28. The number of methoxy groups -OCH3 is 2. The molecule has 166 valence electrons. The molecule has 3 aromatic carbocycles. The van der Waals surface area contributed by atoms with Crippen molar-refractivity contribution in [3.8, 4) is 11.5 Å². The van der Waals surface area contributed by atoms with Crippen molar-refractivity contribution in [2.24, 2.45) is 0 Å². The lowest BCUT2D eigenvalue weighted by Gasteiger charge is -2.21. The molecule has 0 saturated carbocycles. The van der Waals surface area contributed by atoms with Crippen LogP contribution in [0.25, 0.3) is 0 Å². The summed E-state index contributed by atoms with van der Waals surface area (Å²) in [5, 5.41) is 3.72. The van der Waals surface area contributed by atoms with E-state index >= 15 is 0 Å². The molecule has 3 aromatic rings. The van der Waals surface area contributed by atoms with Crippen LogP contribution in [0.4, 0.5) is 0 Å². The van der Waals surface area contributed by atoms with Gasteiger partial charge in [-0.05, 0) is 55.5 Å². The van der Waals surface area contributed by atoms with Crippen molar-refractivity contribution in [1.29, 1.82) is 0 Å². The predicted octanol–water partition coefficient (Wildman–Crippen LogP) is 6.26. The van der Waals surface area contributed by atoms with Gasteiger partial charge < -0.3 is 14.8 Å². The van der Waals surface area contributed by atoms with Gasteiger partial charge in [0.2, 0.25) is 0 Å². The van der Waals surface area contributed by atoms with E-state index in [1.54, 1.807) is 14.2 Å². The van der Waals surface area contributed by atoms with E-state index in [2.05, 4.69) is 79.0 Å². The second-order valence-electron chi connectivity index (χ2n) is 7.73. The van der Waals surface area contributed by atoms with Crippen LogP contribution >= 0.6 is 12.4 Å². The molecule has 3 rings (SSSR count). The molecule has 0 aliphatic rings. The fraction of sp³-hybridized carbons (Fsp3) is 0.333. The zero-order chi connectivity index (χ0) is 21.2. The Morgan fingerprint density at radius 2 is 1.39 bits per heavy atom. The van der Waals surface area contributed by atoms with Crippen molar-refractivity contribution in [3.63, 3.8) is 0 Å². The number of benzene rings is 3. The van der Waals surface area contributed by atoms with Crippen molar-refractivity contribution >= 4 is 12.4 Å². The Hall–Kier alpha value is -2.49. The first-order valence-corrected chi connectivity index (χ1v) is 10.8. The average molecular weight is 440 g/mol. The second kappa shape index (κ2) is 13.0. The first kappa shape index (κ1) is 24.8. The molecular weight excluding hydrogens is 406 g/mol. The minimum Gasteiger partial charge on any atom is -0.497 e. The quantitative estimate of drug-likeness (QED) is 0.382. The van der Waals surface area contributed by atoms with Gasteiger partial charge in [-0.15, -0.1) is 12.4 Å². The molecule has 0 aromatic heterocycles. The molecule has 0 aliphatic heterocycles. The molecule has 0 fully saturated rings. The van der Waals surface area contributed by atoms with Gasteiger partial charge in [-0.3, -0.25) is 0 Å². The van der Waals surface area contributed by atoms with Crippen LogP contribution in [-0.2, 0) is 6.42 Å². The van der Waals surface area contributed by atoms with E-state index in [0.717, 1.165) is 37.3 Å². The van der Waals surface area contributed by atoms with Gasteiger partial charge in [0.25, 0.3) is 0 Å². The fourth-order valence-corrected chi connectivity index (χ4v) is 3.90. The van der Waals surface area contributed by atoms with E-state index in [1.165, 1.54) is 16.7 Å². The maximum Gasteiger partial charge on any atom is 0.125 e. The maximum absolute atomic E-state index is 5.53. The largest absolute Gasteiger partial charge is 0.497 e. The molecule has 0 aliphatic carbocycles. The molecule has 0 spiro atoms. The van der Waals surface area contributed by atoms with Crippen molar-refractivity contribution in [3.05, 3.63) is 95.6 Å². The van der Waals surface area contributed by atoms with E-state index in [-0.39, 0.29) is 12.4 Å². The minimum absolute atomic E-state index is 0. The van der Waals surface area contributed by atoms with Gasteiger partial charge in [-0.1, -0.05) is 66.7 Å². The predicted molar refractivity (Wildman–Crippen MR) is 132 cm³/mol. The highest BCUT2D eigenvalue weighted by atomic mass is 35.5. The molecule has 1 N–H and O–H groups in total. The summed E-state index contributed by atoms with van der Waals surface area (Å²) >= 11 is 0. The zero-order valence-corrected chi connectivity index (χ0v) is 19.5. The highest BCUT2D eigenvalue weighted by Crippen LogP contribution is 2.28. The summed E-state index contributed by atoms with van der Waals surface area (Å²) in [6.07, 6.45) is 3.11. The second-order valence-corrected chi connectivity index (χ2v) is 7.73. The van der Waals surface area contributed by atoms with E-state index in [1.807, 2.05) is 12.1 Å². The van der Waals surface area contributed by atoms with Crippen LogP contribution in [0.2, 0.25) is 0 Å². The van der Waals surface area contributed by atoms with Gasteiger partial charge in [0.05, 0.1) is 14.2 Å². The average Bonchev–Trinajstić information content (AvgIpc) is 2.81. The van der Waals surface area contributed by atoms with Gasteiger partial charge in [0, 0.05) is 18.0 Å². The Kier molecular flexibility index (Phi) is 10.4. The molecule has 31 heavy (non-hydrogen) atoms. The Morgan fingerprint density at radius 3 is 1.94 bits per heavy atom. The molecule has 1 unspecified atom stereocenters. The third kappa shape index (κ3) is 7.30. The van der Waals surface area contributed by atoms with Gasteiger partial charge in [0.1, 0.15) is 11.5 Å². The number of aryl methyl sites for hydroxylation is 1. The van der Waals surface area contributed by atoms with Crippen LogP contribution in [0.15, 0.2) is 78.9 Å². The van der Waals surface area contributed by atoms with E-state index in [4.69, 9.17) is 9.47 Å². The molecule has 4 heteroatoms. The highest BCUT2D eigenvalue weighted by molar-refractivity contribution is 5.85. The summed E-state index contributed by atoms with van der Waals surface area (Å²) < 4.78 is 10.8. The lowest BCUT2D eigenvalue weighted by atomic mass is 9.88. The highest BCUT2D eigenvalue weighted by Gasteiger charge is 2.14. The standard InChI is InChI=1S/C27H33NO2.ClH/c1-21(14-15-24-16-17-25(29-2)20-27(24)30-3)28-19-18-26(22-10-6-4-7-11-22)23-12-8-5-9-13-23;/h4-13,16-17,20-21,26,28H,14-15,18-19H2,1-3H3;1H. The smallest absolute Gasteiger partial charge is 0.125 e. The number of ether oxygens (including phenoxy) is 2. The van der Waals surface area contributed by atoms with Crippen LogP contribution in [0.5, 0.6) is 11.5 Å². The minimum atomic E-state index is 0. The Bertz CT molecular complexity index is 847. The summed E-state index contributed by atoms with van der Waals surface area (Å²) in [6.45, 7) is 3.24. The van der Waals surface area contributed by atoms with E-state index < -0.39 is 0 Å². The Morgan fingerprint density at radius 1 is 0.774 bits per heavy atom. The third-order valence-corrected chi connectivity index (χ3v) is 5.67. The van der Waals surface area contributed by atoms with Gasteiger partial charge in [0.15, 0.2) is 0 Å². The van der Waals surface area contributed by atoms with Crippen molar-refractivity contribution in [2.75, 3.05) is 20.8 Å². The monoisotopic (exact) mass is 439 g/mol. The number of halogens is 1. The molecule has 0 amide bonds. The molecule has 3 nitrogen and oxygen atoms in total. The lowest BCUT2D eigenvalue weighted by molar-refractivity contribution is 0.389. The summed E-state index contributed by atoms with van der Waals surface area (Å²) in [5.74, 6) is 2.14. The van der Waals surface area contributed by atoms with Crippen LogP contribution in [0.3, 0.4) is 0 Å². The van der Waals surface area contributed by atoms with Gasteiger partial charge in [-0.2, -0.15) is 0 Å². The normalized spacial score (nSPS) is 11.6. The van der Waals surface area contributed by atoms with Crippen molar-refractivity contribution in [1.82, 2.24) is 5.32 Å².